The van der Waals surface area contributed by atoms with Gasteiger partial charge in [-0.3, -0.25) is 4.90 Å². The Morgan fingerprint density at radius 1 is 1.00 bits per heavy atom. The van der Waals surface area contributed by atoms with E-state index in [0.717, 1.165) is 60.8 Å². The maximum atomic E-state index is 12.4. The highest BCUT2D eigenvalue weighted by Crippen LogP contribution is 2.41. The van der Waals surface area contributed by atoms with E-state index >= 15 is 0 Å². The van der Waals surface area contributed by atoms with Crippen LogP contribution in [-0.2, 0) is 6.42 Å². The highest BCUT2D eigenvalue weighted by Gasteiger charge is 2.28. The Morgan fingerprint density at radius 3 is 2.40 bits per heavy atom. The van der Waals surface area contributed by atoms with Gasteiger partial charge in [0.05, 0.1) is 10.7 Å². The number of pyridine rings is 1. The number of hydrogen-bond acceptors (Lipinski definition) is 5. The molecular weight excluding hydrogens is 462 g/mol. The van der Waals surface area contributed by atoms with Crippen molar-refractivity contribution in [3.63, 3.8) is 0 Å². The zero-order valence-corrected chi connectivity index (χ0v) is 20.8. The minimum Gasteiger partial charge on any atom is -0.507 e. The van der Waals surface area contributed by atoms with E-state index in [9.17, 15) is 9.90 Å². The lowest BCUT2D eigenvalue weighted by atomic mass is 9.96. The van der Waals surface area contributed by atoms with Gasteiger partial charge in [0.25, 0.3) is 0 Å². The third-order valence-corrected chi connectivity index (χ3v) is 7.08. The summed E-state index contributed by atoms with van der Waals surface area (Å²) in [5, 5.41) is 15.2. The van der Waals surface area contributed by atoms with Crippen molar-refractivity contribution in [1.82, 2.24) is 15.2 Å². The van der Waals surface area contributed by atoms with Crippen molar-refractivity contribution in [2.24, 2.45) is 0 Å². The van der Waals surface area contributed by atoms with Crippen LogP contribution in [0.5, 0.6) is 5.75 Å². The number of carbonyl (C=O) groups is 1. The molecule has 0 atom stereocenters. The molecular formula is C27H30ClN5O2. The van der Waals surface area contributed by atoms with E-state index < -0.39 is 0 Å². The molecule has 3 aromatic rings. The number of urea groups is 1. The number of anilines is 2. The standard InChI is InChI=1S/C27H30ClN5O2/c1-3-20-15-19(17-25(30-20)32-11-9-29-10-12-32)22-6-4-5-21(26(22)34)18-7-8-24(23(28)16-18)33-14-13-31(2)27(33)35/h4-8,15-17,29,34H,3,9-14H2,1-2H3. The van der Waals surface area contributed by atoms with Crippen molar-refractivity contribution in [2.75, 3.05) is 56.1 Å². The van der Waals surface area contributed by atoms with Crippen LogP contribution in [0.1, 0.15) is 12.6 Å². The molecule has 2 aliphatic rings. The number of benzene rings is 2. The highest BCUT2D eigenvalue weighted by molar-refractivity contribution is 6.34. The van der Waals surface area contributed by atoms with Gasteiger partial charge < -0.3 is 20.2 Å². The predicted octanol–water partition coefficient (Wildman–Crippen LogP) is 4.62. The van der Waals surface area contributed by atoms with E-state index in [2.05, 4.69) is 29.3 Å². The molecule has 8 heteroatoms. The summed E-state index contributed by atoms with van der Waals surface area (Å²) in [6.45, 7) is 7.05. The molecule has 0 spiro atoms. The van der Waals surface area contributed by atoms with Crippen LogP contribution in [0, 0.1) is 0 Å². The van der Waals surface area contributed by atoms with Gasteiger partial charge in [0.1, 0.15) is 11.6 Å². The molecule has 182 valence electrons. The lowest BCUT2D eigenvalue weighted by Gasteiger charge is -2.29. The number of likely N-dealkylation sites (N-methyl/N-ethyl adjacent to an activating group) is 1. The van der Waals surface area contributed by atoms with Crippen molar-refractivity contribution < 1.29 is 9.90 Å². The second-order valence-electron chi connectivity index (χ2n) is 9.02. The van der Waals surface area contributed by atoms with E-state index in [0.29, 0.717) is 29.4 Å². The number of hydrogen-bond donors (Lipinski definition) is 2. The van der Waals surface area contributed by atoms with Gasteiger partial charge in [0.15, 0.2) is 0 Å². The van der Waals surface area contributed by atoms with Crippen LogP contribution in [0.4, 0.5) is 16.3 Å². The average Bonchev–Trinajstić information content (AvgIpc) is 3.22. The quantitative estimate of drug-likeness (QED) is 0.545. The summed E-state index contributed by atoms with van der Waals surface area (Å²) >= 11 is 6.61. The number of phenolic OH excluding ortho intramolecular Hbond substituents is 1. The molecule has 1 aromatic heterocycles. The fourth-order valence-electron chi connectivity index (χ4n) is 4.74. The monoisotopic (exact) mass is 491 g/mol. The second kappa shape index (κ2) is 9.76. The SMILES string of the molecule is CCc1cc(-c2cccc(-c3ccc(N4CCN(C)C4=O)c(Cl)c3)c2O)cc(N2CCNCC2)n1. The van der Waals surface area contributed by atoms with E-state index in [1.54, 1.807) is 16.8 Å². The van der Waals surface area contributed by atoms with Crippen molar-refractivity contribution in [2.45, 2.75) is 13.3 Å². The van der Waals surface area contributed by atoms with Crippen molar-refractivity contribution in [3.05, 3.63) is 59.2 Å². The maximum Gasteiger partial charge on any atom is 0.324 e. The van der Waals surface area contributed by atoms with Crippen LogP contribution in [0.2, 0.25) is 5.02 Å². The van der Waals surface area contributed by atoms with Crippen molar-refractivity contribution >= 4 is 29.1 Å². The molecule has 2 saturated heterocycles. The summed E-state index contributed by atoms with van der Waals surface area (Å²) < 4.78 is 0. The second-order valence-corrected chi connectivity index (χ2v) is 9.43. The molecule has 0 bridgehead atoms. The number of phenols is 1. The number of nitrogens with zero attached hydrogens (tertiary/aromatic N) is 4. The molecule has 2 aliphatic heterocycles. The van der Waals surface area contributed by atoms with Gasteiger partial charge in [0.2, 0.25) is 0 Å². The molecule has 0 aliphatic carbocycles. The number of para-hydroxylation sites is 1. The first-order valence-corrected chi connectivity index (χ1v) is 12.5. The Balaban J connectivity index is 1.51. The van der Waals surface area contributed by atoms with Crippen LogP contribution < -0.4 is 15.1 Å². The van der Waals surface area contributed by atoms with Crippen LogP contribution in [0.25, 0.3) is 22.3 Å². The molecule has 2 aromatic carbocycles. The van der Waals surface area contributed by atoms with Gasteiger partial charge in [0, 0.05) is 63.1 Å². The Labute approximate surface area is 210 Å². The lowest BCUT2D eigenvalue weighted by molar-refractivity contribution is 0.229. The molecule has 0 radical (unpaired) electrons. The number of carbonyl (C=O) groups excluding carboxylic acids is 1. The first kappa shape index (κ1) is 23.5. The molecule has 2 fully saturated rings. The van der Waals surface area contributed by atoms with Crippen LogP contribution in [0.3, 0.4) is 0 Å². The van der Waals surface area contributed by atoms with E-state index in [4.69, 9.17) is 16.6 Å². The fraction of sp³-hybridized carbons (Fsp3) is 0.333. The lowest BCUT2D eigenvalue weighted by Crippen LogP contribution is -2.44. The minimum absolute atomic E-state index is 0.0609. The Hall–Kier alpha value is -3.29. The number of halogens is 1. The van der Waals surface area contributed by atoms with Crippen LogP contribution in [-0.4, -0.2) is 67.3 Å². The number of amides is 2. The van der Waals surface area contributed by atoms with E-state index in [-0.39, 0.29) is 11.8 Å². The molecule has 3 heterocycles. The number of nitrogens with one attached hydrogen (secondary N) is 1. The van der Waals surface area contributed by atoms with Gasteiger partial charge in [-0.25, -0.2) is 9.78 Å². The minimum atomic E-state index is -0.0609. The third-order valence-electron chi connectivity index (χ3n) is 6.78. The van der Waals surface area contributed by atoms with Crippen molar-refractivity contribution in [3.8, 4) is 28.0 Å². The van der Waals surface area contributed by atoms with Gasteiger partial charge in [-0.2, -0.15) is 0 Å². The molecule has 7 nitrogen and oxygen atoms in total. The Bertz CT molecular complexity index is 1260. The average molecular weight is 492 g/mol. The molecule has 0 saturated carbocycles. The number of piperazine rings is 1. The number of rotatable bonds is 5. The first-order valence-electron chi connectivity index (χ1n) is 12.1. The summed E-state index contributed by atoms with van der Waals surface area (Å²) in [7, 11) is 1.78. The highest BCUT2D eigenvalue weighted by atomic mass is 35.5. The number of aryl methyl sites for hydroxylation is 1. The third kappa shape index (κ3) is 4.54. The van der Waals surface area contributed by atoms with E-state index in [1.165, 1.54) is 0 Å². The van der Waals surface area contributed by atoms with Gasteiger partial charge in [-0.1, -0.05) is 42.8 Å². The molecule has 0 unspecified atom stereocenters. The summed E-state index contributed by atoms with van der Waals surface area (Å²) in [6.07, 6.45) is 0.814. The Kier molecular flexibility index (Phi) is 6.54. The summed E-state index contributed by atoms with van der Waals surface area (Å²) in [6, 6.07) is 15.4. The molecule has 2 amide bonds. The van der Waals surface area contributed by atoms with Gasteiger partial charge >= 0.3 is 6.03 Å². The fourth-order valence-corrected chi connectivity index (χ4v) is 5.02. The topological polar surface area (TPSA) is 71.9 Å². The molecule has 5 rings (SSSR count). The van der Waals surface area contributed by atoms with Crippen molar-refractivity contribution in [1.29, 1.82) is 0 Å². The van der Waals surface area contributed by atoms with Gasteiger partial charge in [-0.05, 0) is 41.8 Å². The summed E-state index contributed by atoms with van der Waals surface area (Å²) in [5.74, 6) is 1.14. The Morgan fingerprint density at radius 2 is 1.74 bits per heavy atom. The summed E-state index contributed by atoms with van der Waals surface area (Å²) in [5.41, 5.74) is 4.87. The number of aromatic hydroxyl groups is 1. The maximum absolute atomic E-state index is 12.4. The van der Waals surface area contributed by atoms with Crippen LogP contribution in [0.15, 0.2) is 48.5 Å². The zero-order chi connectivity index (χ0) is 24.5. The van der Waals surface area contributed by atoms with Crippen LogP contribution >= 0.6 is 11.6 Å². The molecule has 35 heavy (non-hydrogen) atoms. The van der Waals surface area contributed by atoms with Gasteiger partial charge in [-0.15, -0.1) is 0 Å². The zero-order valence-electron chi connectivity index (χ0n) is 20.1. The normalized spacial score (nSPS) is 16.3. The predicted molar refractivity (Wildman–Crippen MR) is 142 cm³/mol. The largest absolute Gasteiger partial charge is 0.507 e. The number of aromatic nitrogens is 1. The molecule has 2 N–H and O–H groups in total. The van der Waals surface area contributed by atoms with E-state index in [1.807, 2.05) is 36.4 Å². The smallest absolute Gasteiger partial charge is 0.324 e. The summed E-state index contributed by atoms with van der Waals surface area (Å²) in [4.78, 5) is 22.9. The first-order chi connectivity index (χ1) is 17.0.